The number of hydrogen-bond acceptors (Lipinski definition) is 5. The first kappa shape index (κ1) is 24.5. The van der Waals surface area contributed by atoms with Crippen molar-refractivity contribution >= 4 is 69.4 Å². The maximum atomic E-state index is 12.5. The van der Waals surface area contributed by atoms with Gasteiger partial charge < -0.3 is 14.8 Å². The van der Waals surface area contributed by atoms with E-state index >= 15 is 0 Å². The first-order chi connectivity index (χ1) is 16.3. The molecule has 34 heavy (non-hydrogen) atoms. The standard InChI is InChI=1S/C25H19Cl3N2O3S/c1-14-17(26)4-3-5-20(14)29-25-30-24(31)23(34-25)12-15-7-9-21(22(11-15)32-2)33-13-16-6-8-18(27)19(28)10-16/h3-12H,13H2,1-2H3,(H,29,30,31)/b23-12-. The van der Waals surface area contributed by atoms with Crippen LogP contribution in [0, 0.1) is 6.92 Å². The number of rotatable bonds is 6. The highest BCUT2D eigenvalue weighted by Gasteiger charge is 2.24. The molecule has 1 N–H and O–H groups in total. The lowest BCUT2D eigenvalue weighted by Crippen LogP contribution is -2.19. The van der Waals surface area contributed by atoms with Crippen LogP contribution in [-0.2, 0) is 11.4 Å². The van der Waals surface area contributed by atoms with Gasteiger partial charge in [-0.05, 0) is 77.9 Å². The molecule has 1 heterocycles. The molecule has 9 heteroatoms. The Kier molecular flexibility index (Phi) is 7.73. The monoisotopic (exact) mass is 532 g/mol. The van der Waals surface area contributed by atoms with Crippen molar-refractivity contribution in [3.05, 3.63) is 91.3 Å². The molecule has 4 rings (SSSR count). The maximum Gasteiger partial charge on any atom is 0.264 e. The minimum atomic E-state index is -0.220. The first-order valence-electron chi connectivity index (χ1n) is 10.1. The van der Waals surface area contributed by atoms with E-state index in [1.807, 2.05) is 31.2 Å². The van der Waals surface area contributed by atoms with Crippen molar-refractivity contribution in [3.8, 4) is 11.5 Å². The molecule has 174 valence electrons. The lowest BCUT2D eigenvalue weighted by atomic mass is 10.2. The summed E-state index contributed by atoms with van der Waals surface area (Å²) in [6.45, 7) is 2.19. The van der Waals surface area contributed by atoms with Crippen molar-refractivity contribution in [2.45, 2.75) is 13.5 Å². The highest BCUT2D eigenvalue weighted by Crippen LogP contribution is 2.34. The van der Waals surface area contributed by atoms with Crippen LogP contribution in [-0.4, -0.2) is 18.2 Å². The van der Waals surface area contributed by atoms with E-state index < -0.39 is 0 Å². The summed E-state index contributed by atoms with van der Waals surface area (Å²) in [6.07, 6.45) is 1.78. The molecule has 0 bridgehead atoms. The zero-order valence-corrected chi connectivity index (χ0v) is 21.3. The Morgan fingerprint density at radius 3 is 2.59 bits per heavy atom. The molecule has 5 nitrogen and oxygen atoms in total. The number of hydrogen-bond donors (Lipinski definition) is 1. The number of methoxy groups -OCH3 is 1. The van der Waals surface area contributed by atoms with Crippen molar-refractivity contribution in [2.24, 2.45) is 4.99 Å². The molecule has 3 aromatic rings. The van der Waals surface area contributed by atoms with Crippen molar-refractivity contribution in [1.29, 1.82) is 0 Å². The highest BCUT2D eigenvalue weighted by atomic mass is 35.5. The van der Waals surface area contributed by atoms with E-state index in [9.17, 15) is 4.79 Å². The molecule has 1 saturated heterocycles. The third kappa shape index (κ3) is 5.70. The van der Waals surface area contributed by atoms with Gasteiger partial charge in [0.05, 0.1) is 27.7 Å². The molecule has 1 aliphatic heterocycles. The topological polar surface area (TPSA) is 59.9 Å². The summed E-state index contributed by atoms with van der Waals surface area (Å²) in [5, 5.41) is 4.87. The van der Waals surface area contributed by atoms with Gasteiger partial charge in [0.25, 0.3) is 5.91 Å². The Morgan fingerprint density at radius 2 is 1.82 bits per heavy atom. The molecule has 3 aromatic carbocycles. The second kappa shape index (κ2) is 10.7. The Hall–Kier alpha value is -2.64. The van der Waals surface area contributed by atoms with Crippen LogP contribution >= 0.6 is 46.6 Å². The minimum absolute atomic E-state index is 0.220. The number of thioether (sulfide) groups is 1. The quantitative estimate of drug-likeness (QED) is 0.335. The fraction of sp³-hybridized carbons (Fsp3) is 0.120. The van der Waals surface area contributed by atoms with Crippen LogP contribution in [0.15, 0.2) is 64.5 Å². The molecule has 1 fully saturated rings. The Bertz CT molecular complexity index is 1320. The van der Waals surface area contributed by atoms with Gasteiger partial charge in [-0.1, -0.05) is 53.0 Å². The van der Waals surface area contributed by atoms with E-state index in [1.54, 1.807) is 43.5 Å². The molecule has 1 amide bonds. The maximum absolute atomic E-state index is 12.5. The zero-order valence-electron chi connectivity index (χ0n) is 18.2. The Balaban J connectivity index is 1.50. The molecular weight excluding hydrogens is 515 g/mol. The van der Waals surface area contributed by atoms with E-state index in [-0.39, 0.29) is 5.91 Å². The van der Waals surface area contributed by atoms with Gasteiger partial charge in [0.1, 0.15) is 6.61 Å². The number of ether oxygens (including phenoxy) is 2. The van der Waals surface area contributed by atoms with E-state index in [1.165, 1.54) is 11.8 Å². The average Bonchev–Trinajstić information content (AvgIpc) is 3.16. The van der Waals surface area contributed by atoms with Crippen molar-refractivity contribution in [2.75, 3.05) is 7.11 Å². The number of nitrogens with one attached hydrogen (secondary N) is 1. The molecule has 0 aromatic heterocycles. The minimum Gasteiger partial charge on any atom is -0.493 e. The number of amidine groups is 1. The highest BCUT2D eigenvalue weighted by molar-refractivity contribution is 8.18. The summed E-state index contributed by atoms with van der Waals surface area (Å²) >= 11 is 19.5. The Morgan fingerprint density at radius 1 is 1.00 bits per heavy atom. The van der Waals surface area contributed by atoms with Gasteiger partial charge in [-0.2, -0.15) is 0 Å². The van der Waals surface area contributed by atoms with Crippen LogP contribution in [0.1, 0.15) is 16.7 Å². The predicted molar refractivity (Wildman–Crippen MR) is 141 cm³/mol. The van der Waals surface area contributed by atoms with Gasteiger partial charge in [-0.3, -0.25) is 4.79 Å². The van der Waals surface area contributed by atoms with Crippen LogP contribution in [0.5, 0.6) is 11.5 Å². The van der Waals surface area contributed by atoms with Gasteiger partial charge in [0.2, 0.25) is 0 Å². The Labute approximate surface area is 216 Å². The number of halogens is 3. The van der Waals surface area contributed by atoms with Crippen LogP contribution in [0.2, 0.25) is 15.1 Å². The number of aliphatic imine (C=N–C) groups is 1. The zero-order chi connectivity index (χ0) is 24.2. The van der Waals surface area contributed by atoms with Gasteiger partial charge in [0.15, 0.2) is 16.7 Å². The molecule has 0 aliphatic carbocycles. The largest absolute Gasteiger partial charge is 0.493 e. The van der Waals surface area contributed by atoms with Crippen LogP contribution in [0.4, 0.5) is 5.69 Å². The number of amides is 1. The summed E-state index contributed by atoms with van der Waals surface area (Å²) < 4.78 is 11.4. The number of benzene rings is 3. The summed E-state index contributed by atoms with van der Waals surface area (Å²) in [6, 6.07) is 16.3. The van der Waals surface area contributed by atoms with Crippen molar-refractivity contribution < 1.29 is 14.3 Å². The summed E-state index contributed by atoms with van der Waals surface area (Å²) in [5.41, 5.74) is 3.23. The molecule has 1 aliphatic rings. The fourth-order valence-corrected chi connectivity index (χ4v) is 4.47. The van der Waals surface area contributed by atoms with Gasteiger partial charge >= 0.3 is 0 Å². The molecule has 0 saturated carbocycles. The van der Waals surface area contributed by atoms with Crippen molar-refractivity contribution in [3.63, 3.8) is 0 Å². The van der Waals surface area contributed by atoms with Gasteiger partial charge in [0, 0.05) is 5.02 Å². The second-order valence-corrected chi connectivity index (χ2v) is 9.57. The number of carbonyl (C=O) groups excluding carboxylic acids is 1. The smallest absolute Gasteiger partial charge is 0.264 e. The molecule has 0 spiro atoms. The average molecular weight is 534 g/mol. The van der Waals surface area contributed by atoms with E-state index in [0.29, 0.717) is 48.9 Å². The van der Waals surface area contributed by atoms with E-state index in [0.717, 1.165) is 16.7 Å². The van der Waals surface area contributed by atoms with Crippen LogP contribution < -0.4 is 14.8 Å². The number of nitrogens with zero attached hydrogens (tertiary/aromatic N) is 1. The molecular formula is C25H19Cl3N2O3S. The fourth-order valence-electron chi connectivity index (χ4n) is 3.14. The lowest BCUT2D eigenvalue weighted by molar-refractivity contribution is -0.115. The molecule has 0 radical (unpaired) electrons. The molecule has 0 atom stereocenters. The summed E-state index contributed by atoms with van der Waals surface area (Å²) in [7, 11) is 1.56. The number of carbonyl (C=O) groups is 1. The third-order valence-electron chi connectivity index (χ3n) is 4.98. The third-order valence-corrected chi connectivity index (χ3v) is 7.03. The first-order valence-corrected chi connectivity index (χ1v) is 12.1. The van der Waals surface area contributed by atoms with Gasteiger partial charge in [-0.15, -0.1) is 0 Å². The van der Waals surface area contributed by atoms with Crippen LogP contribution in [0.3, 0.4) is 0 Å². The van der Waals surface area contributed by atoms with E-state index in [2.05, 4.69) is 10.3 Å². The second-order valence-electron chi connectivity index (χ2n) is 7.31. The summed E-state index contributed by atoms with van der Waals surface area (Å²) in [4.78, 5) is 17.5. The predicted octanol–water partition coefficient (Wildman–Crippen LogP) is 7.43. The SMILES string of the molecule is COc1cc(/C=C2\SC(=Nc3cccc(Cl)c3C)NC2=O)ccc1OCc1ccc(Cl)c(Cl)c1. The van der Waals surface area contributed by atoms with Gasteiger partial charge in [-0.25, -0.2) is 4.99 Å². The summed E-state index contributed by atoms with van der Waals surface area (Å²) in [5.74, 6) is 0.890. The van der Waals surface area contributed by atoms with Crippen LogP contribution in [0.25, 0.3) is 6.08 Å². The van der Waals surface area contributed by atoms with E-state index in [4.69, 9.17) is 44.3 Å². The molecule has 0 unspecified atom stereocenters. The van der Waals surface area contributed by atoms with Crippen molar-refractivity contribution in [1.82, 2.24) is 5.32 Å². The lowest BCUT2D eigenvalue weighted by Gasteiger charge is -2.12. The normalized spacial score (nSPS) is 15.6.